The first-order valence-corrected chi connectivity index (χ1v) is 21.4. The van der Waals surface area contributed by atoms with E-state index >= 15 is 9.13 Å². The van der Waals surface area contributed by atoms with Gasteiger partial charge >= 0.3 is 15.2 Å². The Bertz CT molecular complexity index is 2600. The molecule has 0 aromatic heterocycles. The normalized spacial score (nSPS) is 18.3. The van der Waals surface area contributed by atoms with Gasteiger partial charge in [0.05, 0.1) is 15.9 Å². The van der Waals surface area contributed by atoms with Crippen molar-refractivity contribution in [3.8, 4) is 45.3 Å². The number of hydrogen-bond acceptors (Lipinski definition) is 7. The van der Waals surface area contributed by atoms with Crippen molar-refractivity contribution < 1.29 is 31.8 Å². The summed E-state index contributed by atoms with van der Waals surface area (Å²) in [5, 5.41) is 1.99. The molecule has 9 rings (SSSR count). The lowest BCUT2D eigenvalue weighted by molar-refractivity contribution is 0.393. The average molecular weight is 739 g/mol. The van der Waals surface area contributed by atoms with Gasteiger partial charge in [0.2, 0.25) is 0 Å². The summed E-state index contributed by atoms with van der Waals surface area (Å²) in [5.41, 5.74) is 3.04. The average Bonchev–Trinajstić information content (AvgIpc) is 3.19. The number of rotatable bonds is 7. The van der Waals surface area contributed by atoms with E-state index in [0.29, 0.717) is 32.7 Å². The van der Waals surface area contributed by atoms with Gasteiger partial charge in [-0.1, -0.05) is 133 Å². The van der Waals surface area contributed by atoms with E-state index in [0.717, 1.165) is 22.3 Å². The van der Waals surface area contributed by atoms with Crippen molar-refractivity contribution in [3.05, 3.63) is 176 Å². The molecule has 2 aliphatic rings. The van der Waals surface area contributed by atoms with Gasteiger partial charge in [0, 0.05) is 32.9 Å². The minimum atomic E-state index is -4.12. The van der Waals surface area contributed by atoms with Gasteiger partial charge in [0.25, 0.3) is 0 Å². The van der Waals surface area contributed by atoms with E-state index in [2.05, 4.69) is 0 Å². The number of para-hydroxylation sites is 2. The first-order chi connectivity index (χ1) is 25.4. The third kappa shape index (κ3) is 5.33. The Labute approximate surface area is 300 Å². The van der Waals surface area contributed by atoms with Crippen LogP contribution in [0.1, 0.15) is 0 Å². The predicted octanol–water partition coefficient (Wildman–Crippen LogP) is 9.24. The molecule has 7 aromatic carbocycles. The Kier molecular flexibility index (Phi) is 7.83. The third-order valence-corrected chi connectivity index (χ3v) is 15.9. The van der Waals surface area contributed by atoms with Crippen LogP contribution in [-0.4, -0.2) is 0 Å². The minimum absolute atomic E-state index is 0.0643. The fraction of sp³-hybridized carbons (Fsp3) is 0. The van der Waals surface area contributed by atoms with Gasteiger partial charge in [-0.3, -0.25) is 0 Å². The number of benzene rings is 7. The second-order valence-corrected chi connectivity index (χ2v) is 18.7. The van der Waals surface area contributed by atoms with E-state index in [1.807, 2.05) is 91.0 Å². The molecule has 7 aromatic rings. The summed E-state index contributed by atoms with van der Waals surface area (Å²) in [6, 6.07) is 52.0. The van der Waals surface area contributed by atoms with Crippen LogP contribution in [0.4, 0.5) is 0 Å². The molecule has 0 amide bonds. The van der Waals surface area contributed by atoms with E-state index in [1.54, 1.807) is 84.9 Å². The van der Waals surface area contributed by atoms with Crippen LogP contribution in [0.2, 0.25) is 0 Å². The van der Waals surface area contributed by atoms with E-state index in [-0.39, 0.29) is 16.8 Å². The monoisotopic (exact) mass is 738 g/mol. The van der Waals surface area contributed by atoms with Crippen LogP contribution < -0.4 is 44.6 Å². The smallest absolute Gasteiger partial charge is 0.413 e. The number of hydrogen-bond donors (Lipinski definition) is 0. The largest absolute Gasteiger partial charge is 0.463 e. The topological polar surface area (TPSA) is 88.1 Å². The third-order valence-electron chi connectivity index (χ3n) is 9.14. The zero-order chi connectivity index (χ0) is 35.3. The van der Waals surface area contributed by atoms with E-state index in [9.17, 15) is 4.57 Å². The maximum absolute atomic E-state index is 15.9. The summed E-state index contributed by atoms with van der Waals surface area (Å²) in [4.78, 5) is 0. The lowest BCUT2D eigenvalue weighted by Gasteiger charge is -2.30. The summed E-state index contributed by atoms with van der Waals surface area (Å²) >= 11 is 0. The standard InChI is InChI=1S/C42H29O7P3/c43-50(31-15-3-1-4-16-31,32-17-5-2-6-18-32)42-29-30(46-51(44)40-25-13-9-21-35(40)33-19-7-11-23-37(33)47-51)27-28-39(42)49-52(45)41-26-14-10-22-36(41)34-20-8-12-24-38(34)48-52/h1-29H. The highest BCUT2D eigenvalue weighted by Crippen LogP contribution is 2.58. The lowest BCUT2D eigenvalue weighted by atomic mass is 10.0. The molecule has 0 saturated carbocycles. The molecule has 2 aliphatic heterocycles. The van der Waals surface area contributed by atoms with Crippen molar-refractivity contribution in [1.29, 1.82) is 0 Å². The van der Waals surface area contributed by atoms with Crippen molar-refractivity contribution in [2.75, 3.05) is 0 Å². The van der Waals surface area contributed by atoms with Crippen LogP contribution in [0.25, 0.3) is 22.3 Å². The van der Waals surface area contributed by atoms with Gasteiger partial charge in [-0.05, 0) is 42.5 Å². The fourth-order valence-corrected chi connectivity index (χ4v) is 13.2. The van der Waals surface area contributed by atoms with Crippen molar-refractivity contribution in [1.82, 2.24) is 0 Å². The zero-order valence-corrected chi connectivity index (χ0v) is 30.1. The van der Waals surface area contributed by atoms with Crippen LogP contribution in [0.15, 0.2) is 176 Å². The highest BCUT2D eigenvalue weighted by atomic mass is 31.2. The molecule has 0 saturated heterocycles. The SMILES string of the molecule is O=P1(Oc2ccc(OP3(=O)Oc4ccccc4-c4ccccc43)c(P(=O)(c3ccccc3)c3ccccc3)c2)Oc2ccccc2-c2ccccc21. The lowest BCUT2D eigenvalue weighted by Crippen LogP contribution is -2.28. The zero-order valence-electron chi connectivity index (χ0n) is 27.4. The second-order valence-electron chi connectivity index (χ2n) is 12.3. The van der Waals surface area contributed by atoms with Crippen LogP contribution in [0.3, 0.4) is 0 Å². The number of fused-ring (bicyclic) bond motifs is 6. The molecule has 0 radical (unpaired) electrons. The van der Waals surface area contributed by atoms with E-state index in [1.165, 1.54) is 0 Å². The molecular formula is C42H29O7P3. The van der Waals surface area contributed by atoms with E-state index < -0.39 is 22.3 Å². The Morgan fingerprint density at radius 3 is 1.38 bits per heavy atom. The molecule has 0 spiro atoms. The van der Waals surface area contributed by atoms with Crippen LogP contribution >= 0.6 is 22.3 Å². The first kappa shape index (κ1) is 32.3. The maximum atomic E-state index is 15.9. The van der Waals surface area contributed by atoms with Crippen molar-refractivity contribution in [2.24, 2.45) is 0 Å². The first-order valence-electron chi connectivity index (χ1n) is 16.6. The molecule has 0 N–H and O–H groups in total. The quantitative estimate of drug-likeness (QED) is 0.151. The van der Waals surface area contributed by atoms with E-state index in [4.69, 9.17) is 18.1 Å². The summed E-state index contributed by atoms with van der Waals surface area (Å²) in [6.07, 6.45) is 0. The Morgan fingerprint density at radius 2 is 0.865 bits per heavy atom. The predicted molar refractivity (Wildman–Crippen MR) is 207 cm³/mol. The van der Waals surface area contributed by atoms with Crippen LogP contribution in [0, 0.1) is 0 Å². The van der Waals surface area contributed by atoms with Gasteiger partial charge in [-0.25, -0.2) is 9.13 Å². The highest BCUT2D eigenvalue weighted by molar-refractivity contribution is 7.85. The maximum Gasteiger partial charge on any atom is 0.463 e. The molecule has 52 heavy (non-hydrogen) atoms. The molecule has 0 bridgehead atoms. The molecule has 254 valence electrons. The van der Waals surface area contributed by atoms with Crippen molar-refractivity contribution in [2.45, 2.75) is 0 Å². The molecule has 2 heterocycles. The summed E-state index contributed by atoms with van der Waals surface area (Å²) in [5.74, 6) is 1.03. The minimum Gasteiger partial charge on any atom is -0.413 e. The summed E-state index contributed by atoms with van der Waals surface area (Å²) in [7, 11) is -11.9. The molecular weight excluding hydrogens is 709 g/mol. The molecule has 2 unspecified atom stereocenters. The van der Waals surface area contributed by atoms with Crippen LogP contribution in [-0.2, 0) is 13.7 Å². The summed E-state index contributed by atoms with van der Waals surface area (Å²) < 4.78 is 71.0. The Morgan fingerprint density at radius 1 is 0.442 bits per heavy atom. The molecule has 10 heteroatoms. The second kappa shape index (κ2) is 12.6. The Hall–Kier alpha value is -5.57. The van der Waals surface area contributed by atoms with Gasteiger partial charge in [-0.15, -0.1) is 0 Å². The van der Waals surface area contributed by atoms with Gasteiger partial charge in [0.15, 0.2) is 7.14 Å². The molecule has 0 aliphatic carbocycles. The van der Waals surface area contributed by atoms with Crippen LogP contribution in [0.5, 0.6) is 23.0 Å². The van der Waals surface area contributed by atoms with Gasteiger partial charge < -0.3 is 22.7 Å². The molecule has 7 nitrogen and oxygen atoms in total. The highest BCUT2D eigenvalue weighted by Gasteiger charge is 2.43. The molecule has 0 fully saturated rings. The van der Waals surface area contributed by atoms with Gasteiger partial charge in [-0.2, -0.15) is 0 Å². The van der Waals surface area contributed by atoms with Crippen molar-refractivity contribution >= 4 is 48.9 Å². The fourth-order valence-electron chi connectivity index (χ4n) is 6.76. The molecule has 2 atom stereocenters. The van der Waals surface area contributed by atoms with Gasteiger partial charge in [0.1, 0.15) is 23.0 Å². The summed E-state index contributed by atoms with van der Waals surface area (Å²) in [6.45, 7) is 0. The van der Waals surface area contributed by atoms with Crippen molar-refractivity contribution in [3.63, 3.8) is 0 Å². The Balaban J connectivity index is 1.23.